The van der Waals surface area contributed by atoms with Gasteiger partial charge in [0, 0.05) is 47.8 Å². The molecule has 2 heterocycles. The predicted molar refractivity (Wildman–Crippen MR) is 162 cm³/mol. The Morgan fingerprint density at radius 2 is 1.91 bits per heavy atom. The molecule has 3 aromatic rings. The standard InChI is InChI=1S/C30H38F4N8O3/c1-17(35)3-2-4-19-11-23(26(31)25(12-19)45-30(32,33)34)24-13-20-15-42(29(44)41-27(20)40-24)22-7-5-18(6-8-22)14-39-21(16-43)9-10-38-28(36)37/h5-8,11-13,15,17,21,29,39,43-44H,2-4,9-10,14,16,35H2,1H3,(H,40,41)(H4,36,37,38)/t17-,21+,29?/m0/s1. The third-order valence-corrected chi connectivity index (χ3v) is 7.20. The van der Waals surface area contributed by atoms with E-state index in [4.69, 9.17) is 16.9 Å². The number of ether oxygens (including phenoxy) is 1. The van der Waals surface area contributed by atoms with E-state index in [2.05, 4.69) is 25.3 Å². The summed E-state index contributed by atoms with van der Waals surface area (Å²) < 4.78 is 58.6. The predicted octanol–water partition coefficient (Wildman–Crippen LogP) is 1.87. The van der Waals surface area contributed by atoms with Gasteiger partial charge in [-0.25, -0.2) is 9.38 Å². The highest BCUT2D eigenvalue weighted by atomic mass is 19.4. The number of rotatable bonds is 14. The molecule has 0 saturated carbocycles. The Bertz CT molecular complexity index is 1580. The number of nitrogens with one attached hydrogen (secondary N) is 4. The largest absolute Gasteiger partial charge is 0.573 e. The van der Waals surface area contributed by atoms with Crippen molar-refractivity contribution < 1.29 is 32.5 Å². The van der Waals surface area contributed by atoms with Crippen molar-refractivity contribution in [3.05, 3.63) is 70.1 Å². The first-order valence-corrected chi connectivity index (χ1v) is 14.4. The highest BCUT2D eigenvalue weighted by molar-refractivity contribution is 5.74. The fraction of sp³-hybridized carbons (Fsp3) is 0.400. The molecule has 244 valence electrons. The first-order chi connectivity index (χ1) is 21.3. The molecule has 0 radical (unpaired) electrons. The Kier molecular flexibility index (Phi) is 11.0. The van der Waals surface area contributed by atoms with E-state index in [1.807, 2.05) is 19.1 Å². The minimum absolute atomic E-state index is 0.0870. The topological polar surface area (TPSA) is 181 Å². The van der Waals surface area contributed by atoms with Gasteiger partial charge in [0.2, 0.25) is 6.35 Å². The van der Waals surface area contributed by atoms with Gasteiger partial charge in [0.05, 0.1) is 12.3 Å². The van der Waals surface area contributed by atoms with E-state index in [0.717, 1.165) is 11.6 Å². The van der Waals surface area contributed by atoms with Gasteiger partial charge in [-0.05, 0) is 74.1 Å². The number of anilines is 1. The third kappa shape index (κ3) is 9.41. The molecule has 2 aromatic carbocycles. The lowest BCUT2D eigenvalue weighted by Crippen LogP contribution is -2.41. The number of aliphatic hydroxyl groups is 2. The van der Waals surface area contributed by atoms with Gasteiger partial charge < -0.3 is 46.9 Å². The van der Waals surface area contributed by atoms with E-state index in [9.17, 15) is 23.4 Å². The van der Waals surface area contributed by atoms with Crippen LogP contribution in [0, 0.1) is 11.2 Å². The number of hydrogen-bond acceptors (Lipinski definition) is 8. The number of aromatic amines is 1. The van der Waals surface area contributed by atoms with Gasteiger partial charge in [-0.15, -0.1) is 13.2 Å². The van der Waals surface area contributed by atoms with Crippen molar-refractivity contribution in [1.82, 2.24) is 15.6 Å². The number of halogens is 4. The smallest absolute Gasteiger partial charge is 0.403 e. The quantitative estimate of drug-likeness (QED) is 0.0752. The minimum atomic E-state index is -5.08. The van der Waals surface area contributed by atoms with E-state index >= 15 is 4.39 Å². The van der Waals surface area contributed by atoms with Crippen LogP contribution in [0.25, 0.3) is 17.5 Å². The molecular formula is C30H38F4N8O3. The van der Waals surface area contributed by atoms with E-state index in [1.165, 1.54) is 11.0 Å². The summed E-state index contributed by atoms with van der Waals surface area (Å²) in [6.45, 7) is 2.64. The third-order valence-electron chi connectivity index (χ3n) is 7.20. The van der Waals surface area contributed by atoms with Crippen LogP contribution in [-0.2, 0) is 13.0 Å². The molecule has 3 atom stereocenters. The lowest BCUT2D eigenvalue weighted by atomic mass is 10.0. The van der Waals surface area contributed by atoms with Crippen LogP contribution in [0.15, 0.2) is 47.5 Å². The molecule has 10 N–H and O–H groups in total. The second kappa shape index (κ2) is 14.7. The van der Waals surface area contributed by atoms with Crippen LogP contribution in [-0.4, -0.2) is 59.1 Å². The fourth-order valence-electron chi connectivity index (χ4n) is 4.92. The Morgan fingerprint density at radius 1 is 1.18 bits per heavy atom. The average molecular weight is 635 g/mol. The Morgan fingerprint density at radius 3 is 2.56 bits per heavy atom. The van der Waals surface area contributed by atoms with Crippen molar-refractivity contribution in [2.45, 2.75) is 63.9 Å². The summed E-state index contributed by atoms with van der Waals surface area (Å²) in [5, 5.41) is 34.0. The molecule has 0 spiro atoms. The number of fused-ring (bicyclic) bond motifs is 1. The molecule has 0 aliphatic carbocycles. The summed E-state index contributed by atoms with van der Waals surface area (Å²) in [5.41, 5.74) is 13.3. The number of alkyl halides is 3. The molecule has 1 aliphatic rings. The molecule has 1 unspecified atom stereocenters. The molecule has 1 aromatic heterocycles. The first-order valence-electron chi connectivity index (χ1n) is 14.4. The Hall–Kier alpha value is -4.18. The number of aromatic nitrogens is 1. The minimum Gasteiger partial charge on any atom is -0.403 e. The summed E-state index contributed by atoms with van der Waals surface area (Å²) in [7, 11) is 0. The summed E-state index contributed by atoms with van der Waals surface area (Å²) in [6, 6.07) is 11.0. The molecular weight excluding hydrogens is 596 g/mol. The van der Waals surface area contributed by atoms with Crippen LogP contribution in [0.4, 0.5) is 23.2 Å². The molecule has 1 aliphatic heterocycles. The molecule has 0 amide bonds. The average Bonchev–Trinajstić information content (AvgIpc) is 3.37. The molecule has 0 fully saturated rings. The molecule has 0 saturated heterocycles. The van der Waals surface area contributed by atoms with Crippen molar-refractivity contribution in [1.29, 1.82) is 5.41 Å². The summed E-state index contributed by atoms with van der Waals surface area (Å²) >= 11 is 0. The van der Waals surface area contributed by atoms with Crippen LogP contribution in [0.2, 0.25) is 0 Å². The molecule has 4 rings (SSSR count). The van der Waals surface area contributed by atoms with Gasteiger partial charge in [0.1, 0.15) is 5.49 Å². The highest BCUT2D eigenvalue weighted by Gasteiger charge is 2.33. The lowest BCUT2D eigenvalue weighted by Gasteiger charge is -2.25. The zero-order valence-corrected chi connectivity index (χ0v) is 24.7. The lowest BCUT2D eigenvalue weighted by molar-refractivity contribution is -0.275. The number of guanidine groups is 1. The van der Waals surface area contributed by atoms with Crippen molar-refractivity contribution in [2.75, 3.05) is 18.1 Å². The number of nitrogens with zero attached hydrogens (tertiary/aromatic N) is 2. The number of aryl methyl sites for hydroxylation is 1. The maximum Gasteiger partial charge on any atom is 0.573 e. The van der Waals surface area contributed by atoms with Crippen molar-refractivity contribution in [2.24, 2.45) is 16.5 Å². The second-order valence-corrected chi connectivity index (χ2v) is 10.9. The second-order valence-electron chi connectivity index (χ2n) is 10.9. The summed E-state index contributed by atoms with van der Waals surface area (Å²) in [6.07, 6.45) is -2.62. The van der Waals surface area contributed by atoms with Crippen LogP contribution in [0.3, 0.4) is 0 Å². The van der Waals surface area contributed by atoms with Crippen molar-refractivity contribution >= 4 is 17.8 Å². The number of nitrogens with two attached hydrogens (primary N) is 2. The SMILES string of the molecule is C[C@H](N)CCCc1cc(OC(F)(F)F)c(F)c(-c2cc3c([nH]2)=NC(O)N(c2ccc(CN[C@@H](CO)CCNC(=N)N)cc2)C=3)c1. The number of H-pyrrole nitrogens is 1. The van der Waals surface area contributed by atoms with Gasteiger partial charge in [-0.3, -0.25) is 5.41 Å². The maximum atomic E-state index is 15.4. The fourth-order valence-corrected chi connectivity index (χ4v) is 4.92. The van der Waals surface area contributed by atoms with Crippen LogP contribution < -0.4 is 42.4 Å². The first kappa shape index (κ1) is 33.7. The van der Waals surface area contributed by atoms with Gasteiger partial charge in [0.15, 0.2) is 17.5 Å². The van der Waals surface area contributed by atoms with Crippen LogP contribution in [0.1, 0.15) is 37.3 Å². The van der Waals surface area contributed by atoms with Crippen molar-refractivity contribution in [3.63, 3.8) is 0 Å². The normalized spacial score (nSPS) is 15.9. The van der Waals surface area contributed by atoms with E-state index in [1.54, 1.807) is 24.4 Å². The zero-order valence-electron chi connectivity index (χ0n) is 24.7. The number of hydrogen-bond donors (Lipinski definition) is 8. The van der Waals surface area contributed by atoms with Crippen molar-refractivity contribution in [3.8, 4) is 17.0 Å². The maximum absolute atomic E-state index is 15.4. The summed E-state index contributed by atoms with van der Waals surface area (Å²) in [4.78, 5) is 8.68. The highest BCUT2D eigenvalue weighted by Crippen LogP contribution is 2.33. The van der Waals surface area contributed by atoms with Crippen LogP contribution in [0.5, 0.6) is 5.75 Å². The molecule has 11 nitrogen and oxygen atoms in total. The number of aliphatic hydroxyl groups excluding tert-OH is 2. The van der Waals surface area contributed by atoms with Crippen LogP contribution >= 0.6 is 0 Å². The van der Waals surface area contributed by atoms with E-state index < -0.39 is 24.3 Å². The Balaban J connectivity index is 1.55. The zero-order chi connectivity index (χ0) is 32.7. The molecule has 45 heavy (non-hydrogen) atoms. The summed E-state index contributed by atoms with van der Waals surface area (Å²) in [5.74, 6) is -2.25. The van der Waals surface area contributed by atoms with Gasteiger partial charge >= 0.3 is 6.36 Å². The number of benzene rings is 2. The molecule has 0 bridgehead atoms. The van der Waals surface area contributed by atoms with Gasteiger partial charge in [-0.2, -0.15) is 0 Å². The Labute approximate surface area is 257 Å². The monoisotopic (exact) mass is 634 g/mol. The van der Waals surface area contributed by atoms with E-state index in [-0.39, 0.29) is 41.4 Å². The van der Waals surface area contributed by atoms with E-state index in [0.29, 0.717) is 55.2 Å². The molecule has 15 heteroatoms. The van der Waals surface area contributed by atoms with Gasteiger partial charge in [0.25, 0.3) is 0 Å². The van der Waals surface area contributed by atoms with Gasteiger partial charge in [-0.1, -0.05) is 12.1 Å².